The molecule has 6 unspecified atom stereocenters. The van der Waals surface area contributed by atoms with Crippen LogP contribution in [0.4, 0.5) is 5.69 Å². The number of methoxy groups -OCH3 is 1. The second kappa shape index (κ2) is 11.5. The van der Waals surface area contributed by atoms with Crippen LogP contribution >= 0.6 is 23.1 Å². The van der Waals surface area contributed by atoms with Crippen LogP contribution in [-0.4, -0.2) is 72.6 Å². The van der Waals surface area contributed by atoms with Crippen LogP contribution in [0.3, 0.4) is 0 Å². The fraction of sp³-hybridized carbons (Fsp3) is 0.367. The fourth-order valence-corrected chi connectivity index (χ4v) is 11.2. The standard InChI is InChI=1S/C30H28N4O10S3/c1-43-18-8-12(2-7-17(18)44-11-19(35)32-13-3-5-14(6-4-13)47(31,41)42)21-22-15-9-16(25(22)45-27-26(21)46-30(40)33-27)24-23(15)28(38)34(29(24)39)10-20(36)37/h2-8,15-16,21-25H,9-11H2,1H3,(H,32,35)(H,33,40)(H,36,37)(H2,31,41,42)/t15?,16?,21-,22?,23?,24?,25?/m1/s1. The van der Waals surface area contributed by atoms with Crippen LogP contribution in [0.15, 0.2) is 57.2 Å². The summed E-state index contributed by atoms with van der Waals surface area (Å²) in [5.74, 6) is -3.90. The van der Waals surface area contributed by atoms with Crippen molar-refractivity contribution in [3.63, 3.8) is 0 Å². The Morgan fingerprint density at radius 3 is 2.43 bits per heavy atom. The van der Waals surface area contributed by atoms with Gasteiger partial charge in [-0.2, -0.15) is 0 Å². The Bertz CT molecular complexity index is 1990. The molecule has 7 atom stereocenters. The van der Waals surface area contributed by atoms with Gasteiger partial charge in [0, 0.05) is 21.7 Å². The molecule has 3 fully saturated rings. The van der Waals surface area contributed by atoms with Crippen molar-refractivity contribution in [2.24, 2.45) is 34.7 Å². The summed E-state index contributed by atoms with van der Waals surface area (Å²) >= 11 is 2.63. The van der Waals surface area contributed by atoms with Gasteiger partial charge in [-0.05, 0) is 66.1 Å². The number of aromatic nitrogens is 1. The number of sulfonamides is 1. The third-order valence-corrected chi connectivity index (χ3v) is 13.0. The van der Waals surface area contributed by atoms with Gasteiger partial charge in [0.25, 0.3) is 5.91 Å². The molecule has 2 saturated carbocycles. The molecule has 0 radical (unpaired) electrons. The van der Waals surface area contributed by atoms with Gasteiger partial charge in [0.1, 0.15) is 6.54 Å². The van der Waals surface area contributed by atoms with Crippen LogP contribution in [0, 0.1) is 29.6 Å². The Morgan fingerprint density at radius 2 is 1.77 bits per heavy atom. The second-order valence-corrected chi connectivity index (χ2v) is 15.7. The number of aliphatic carboxylic acids is 1. The van der Waals surface area contributed by atoms with Crippen LogP contribution in [0.2, 0.25) is 0 Å². The van der Waals surface area contributed by atoms with E-state index in [0.29, 0.717) is 17.9 Å². The van der Waals surface area contributed by atoms with Gasteiger partial charge in [0.2, 0.25) is 21.8 Å². The summed E-state index contributed by atoms with van der Waals surface area (Å²) in [5, 5.41) is 17.7. The number of carboxylic acids is 1. The largest absolute Gasteiger partial charge is 0.493 e. The molecule has 2 bridgehead atoms. The van der Waals surface area contributed by atoms with Gasteiger partial charge in [-0.3, -0.25) is 28.9 Å². The highest BCUT2D eigenvalue weighted by Gasteiger charge is 2.69. The highest BCUT2D eigenvalue weighted by Crippen LogP contribution is 2.68. The number of nitrogens with two attached hydrogens (primary N) is 1. The molecule has 3 heterocycles. The number of carbonyl (C=O) groups excluding carboxylic acids is 3. The molecule has 2 aliphatic heterocycles. The van der Waals surface area contributed by atoms with Gasteiger partial charge in [-0.15, -0.1) is 11.8 Å². The summed E-state index contributed by atoms with van der Waals surface area (Å²) in [6, 6.07) is 10.6. The number of aromatic amines is 1. The number of hydrogen-bond acceptors (Lipinski definition) is 11. The summed E-state index contributed by atoms with van der Waals surface area (Å²) in [4.78, 5) is 67.6. The van der Waals surface area contributed by atoms with Crippen molar-refractivity contribution < 1.29 is 42.2 Å². The fourth-order valence-electron chi connectivity index (χ4n) is 7.81. The molecule has 17 heteroatoms. The zero-order valence-electron chi connectivity index (χ0n) is 24.6. The van der Waals surface area contributed by atoms with E-state index in [9.17, 15) is 37.5 Å². The normalized spacial score (nSPS) is 27.3. The topological polar surface area (TPSA) is 215 Å². The van der Waals surface area contributed by atoms with Crippen molar-refractivity contribution >= 4 is 62.5 Å². The molecule has 246 valence electrons. The average Bonchev–Trinajstić information content (AvgIpc) is 3.75. The Labute approximate surface area is 275 Å². The smallest absolute Gasteiger partial charge is 0.323 e. The number of benzene rings is 2. The van der Waals surface area contributed by atoms with E-state index < -0.39 is 52.1 Å². The first-order chi connectivity index (χ1) is 22.3. The molecule has 7 rings (SSSR count). The molecular weight excluding hydrogens is 673 g/mol. The molecular formula is C30H28N4O10S3. The minimum atomic E-state index is -3.87. The van der Waals surface area contributed by atoms with E-state index in [-0.39, 0.29) is 51.0 Å². The SMILES string of the molecule is COc1cc([C@H]2c3sc(=O)[nH]c3SC3C4CC(C5C(=O)N(CC(=O)O)C(=O)C45)C32)ccc1OCC(=O)Nc1ccc(S(N)(=O)=O)cc1. The van der Waals surface area contributed by atoms with E-state index in [4.69, 9.17) is 14.6 Å². The van der Waals surface area contributed by atoms with Gasteiger partial charge >= 0.3 is 10.8 Å². The lowest BCUT2D eigenvalue weighted by atomic mass is 9.68. The lowest BCUT2D eigenvalue weighted by molar-refractivity contribution is -0.149. The van der Waals surface area contributed by atoms with E-state index in [1.165, 1.54) is 43.1 Å². The number of rotatable bonds is 9. The van der Waals surface area contributed by atoms with Gasteiger partial charge in [-0.1, -0.05) is 17.4 Å². The number of carboxylic acid groups (broad SMARTS) is 1. The molecule has 0 spiro atoms. The quantitative estimate of drug-likeness (QED) is 0.236. The summed E-state index contributed by atoms with van der Waals surface area (Å²) in [5.41, 5.74) is 1.16. The third kappa shape index (κ3) is 5.30. The number of primary sulfonamides is 1. The molecule has 1 saturated heterocycles. The maximum Gasteiger partial charge on any atom is 0.323 e. The van der Waals surface area contributed by atoms with E-state index in [2.05, 4.69) is 10.3 Å². The molecule has 2 aliphatic carbocycles. The lowest BCUT2D eigenvalue weighted by Gasteiger charge is -2.43. The first-order valence-corrected chi connectivity index (χ1v) is 17.8. The van der Waals surface area contributed by atoms with Crippen molar-refractivity contribution in [1.82, 2.24) is 9.88 Å². The zero-order valence-corrected chi connectivity index (χ0v) is 27.0. The Balaban J connectivity index is 1.14. The molecule has 14 nitrogen and oxygen atoms in total. The van der Waals surface area contributed by atoms with E-state index in [1.54, 1.807) is 12.1 Å². The minimum Gasteiger partial charge on any atom is -0.493 e. The van der Waals surface area contributed by atoms with Gasteiger partial charge in [0.05, 0.1) is 28.9 Å². The lowest BCUT2D eigenvalue weighted by Crippen LogP contribution is -2.42. The minimum absolute atomic E-state index is 0.0739. The molecule has 47 heavy (non-hydrogen) atoms. The maximum absolute atomic E-state index is 13.4. The van der Waals surface area contributed by atoms with E-state index in [0.717, 1.165) is 31.7 Å². The number of hydrogen-bond donors (Lipinski definition) is 4. The van der Waals surface area contributed by atoms with Crippen molar-refractivity contribution in [1.29, 1.82) is 0 Å². The summed E-state index contributed by atoms with van der Waals surface area (Å²) in [6.45, 7) is -1.03. The van der Waals surface area contributed by atoms with Gasteiger partial charge in [0.15, 0.2) is 18.1 Å². The first kappa shape index (κ1) is 31.4. The average molecular weight is 701 g/mol. The van der Waals surface area contributed by atoms with E-state index in [1.807, 2.05) is 6.07 Å². The summed E-state index contributed by atoms with van der Waals surface area (Å²) in [7, 11) is -2.41. The number of ether oxygens (including phenoxy) is 2. The number of nitrogens with one attached hydrogen (secondary N) is 2. The molecule has 4 aliphatic rings. The Morgan fingerprint density at radius 1 is 1.06 bits per heavy atom. The highest BCUT2D eigenvalue weighted by atomic mass is 32.2. The predicted octanol–water partition coefficient (Wildman–Crippen LogP) is 1.67. The summed E-state index contributed by atoms with van der Waals surface area (Å²) in [6.07, 6.45) is 0.657. The number of H-pyrrole nitrogens is 1. The van der Waals surface area contributed by atoms with Crippen molar-refractivity contribution in [3.05, 3.63) is 62.6 Å². The molecule has 1 aromatic heterocycles. The molecule has 3 amide bonds. The van der Waals surface area contributed by atoms with Crippen LogP contribution in [0.25, 0.3) is 0 Å². The van der Waals surface area contributed by atoms with Crippen LogP contribution in [-0.2, 0) is 29.2 Å². The number of likely N-dealkylation sites (tertiary alicyclic amines) is 1. The number of carbonyl (C=O) groups is 4. The van der Waals surface area contributed by atoms with E-state index >= 15 is 0 Å². The van der Waals surface area contributed by atoms with Gasteiger partial charge < -0.3 is 24.9 Å². The number of anilines is 1. The highest BCUT2D eigenvalue weighted by molar-refractivity contribution is 8.00. The predicted molar refractivity (Wildman–Crippen MR) is 168 cm³/mol. The zero-order chi connectivity index (χ0) is 33.4. The maximum atomic E-state index is 13.4. The molecule has 2 aromatic carbocycles. The number of amides is 3. The Hall–Kier alpha value is -4.19. The third-order valence-electron chi connectivity index (χ3n) is 9.48. The number of fused-ring (bicyclic) bond motifs is 9. The number of nitrogens with zero attached hydrogens (tertiary/aromatic N) is 1. The Kier molecular flexibility index (Phi) is 7.69. The van der Waals surface area contributed by atoms with Crippen molar-refractivity contribution in [2.45, 2.75) is 27.5 Å². The number of thioether (sulfide) groups is 1. The number of thiazole rings is 1. The molecule has 5 N–H and O–H groups in total. The van der Waals surface area contributed by atoms with Crippen LogP contribution < -0.4 is 24.8 Å². The van der Waals surface area contributed by atoms with Crippen molar-refractivity contribution in [3.8, 4) is 11.5 Å². The second-order valence-electron chi connectivity index (χ2n) is 11.9. The monoisotopic (exact) mass is 700 g/mol. The molecule has 3 aromatic rings. The van der Waals surface area contributed by atoms with Crippen LogP contribution in [0.5, 0.6) is 11.5 Å². The first-order valence-electron chi connectivity index (χ1n) is 14.6. The van der Waals surface area contributed by atoms with Crippen LogP contribution in [0.1, 0.15) is 22.8 Å². The number of imide groups is 1. The summed E-state index contributed by atoms with van der Waals surface area (Å²) < 4.78 is 34.3. The van der Waals surface area contributed by atoms with Crippen molar-refractivity contribution in [2.75, 3.05) is 25.6 Å². The van der Waals surface area contributed by atoms with Gasteiger partial charge in [-0.25, -0.2) is 13.6 Å².